The van der Waals surface area contributed by atoms with E-state index >= 15 is 0 Å². The molecule has 90 valence electrons. The Morgan fingerprint density at radius 3 is 2.62 bits per heavy atom. The normalized spacial score (nSPS) is 20.5. The summed E-state index contributed by atoms with van der Waals surface area (Å²) in [6.45, 7) is 2.16. The lowest BCUT2D eigenvalue weighted by molar-refractivity contribution is -0.133. The van der Waals surface area contributed by atoms with E-state index in [9.17, 15) is 4.79 Å². The number of ether oxygens (including phenoxy) is 1. The Bertz CT molecular complexity index is 334. The largest absolute Gasteiger partial charge is 0.421 e. The summed E-state index contributed by atoms with van der Waals surface area (Å²) in [5.41, 5.74) is 0.682. The number of rotatable bonds is 5. The van der Waals surface area contributed by atoms with Gasteiger partial charge in [-0.25, -0.2) is 4.79 Å². The van der Waals surface area contributed by atoms with Crippen molar-refractivity contribution in [3.8, 4) is 0 Å². The molecule has 1 aliphatic heterocycles. The zero-order chi connectivity index (χ0) is 12.1. The number of esters is 1. The van der Waals surface area contributed by atoms with Crippen LogP contribution >= 0.6 is 47.8 Å². The van der Waals surface area contributed by atoms with Crippen molar-refractivity contribution in [1.82, 2.24) is 0 Å². The summed E-state index contributed by atoms with van der Waals surface area (Å²) in [4.78, 5) is 13.3. The number of alkyl halides is 1. The van der Waals surface area contributed by atoms with Crippen molar-refractivity contribution < 1.29 is 9.53 Å². The van der Waals surface area contributed by atoms with Crippen LogP contribution in [0.2, 0.25) is 0 Å². The summed E-state index contributed by atoms with van der Waals surface area (Å²) < 4.78 is 5.83. The third kappa shape index (κ3) is 3.44. The molecule has 0 radical (unpaired) electrons. The minimum absolute atomic E-state index is 0.0610. The van der Waals surface area contributed by atoms with Gasteiger partial charge in [-0.15, -0.1) is 0 Å². The molecule has 1 unspecified atom stereocenters. The summed E-state index contributed by atoms with van der Waals surface area (Å²) in [5, 5.41) is 0. The lowest BCUT2D eigenvalue weighted by Gasteiger charge is -2.08. The van der Waals surface area contributed by atoms with E-state index < -0.39 is 0 Å². The minimum Gasteiger partial charge on any atom is -0.421 e. The van der Waals surface area contributed by atoms with Gasteiger partial charge in [0.1, 0.15) is 0 Å². The van der Waals surface area contributed by atoms with Crippen LogP contribution in [-0.2, 0) is 9.53 Å². The molecule has 0 amide bonds. The summed E-state index contributed by atoms with van der Waals surface area (Å²) in [7, 11) is 0. The van der Waals surface area contributed by atoms with Gasteiger partial charge in [-0.1, -0.05) is 58.0 Å². The van der Waals surface area contributed by atoms with Crippen molar-refractivity contribution in [2.24, 2.45) is 0 Å². The Balaban J connectivity index is 2.70. The van der Waals surface area contributed by atoms with E-state index in [-0.39, 0.29) is 10.8 Å². The van der Waals surface area contributed by atoms with Gasteiger partial charge in [0.05, 0.1) is 10.1 Å². The Morgan fingerprint density at radius 2 is 2.12 bits per heavy atom. The van der Waals surface area contributed by atoms with Crippen LogP contribution in [0, 0.1) is 0 Å². The molecule has 0 aromatic rings. The second-order valence-corrected chi connectivity index (χ2v) is 5.91. The van der Waals surface area contributed by atoms with Crippen molar-refractivity contribution in [3.05, 3.63) is 20.8 Å². The van der Waals surface area contributed by atoms with Crippen molar-refractivity contribution in [3.63, 3.8) is 0 Å². The smallest absolute Gasteiger partial charge is 0.341 e. The van der Waals surface area contributed by atoms with E-state index in [1.807, 2.05) is 0 Å². The maximum absolute atomic E-state index is 11.6. The van der Waals surface area contributed by atoms with Gasteiger partial charge in [0.25, 0.3) is 0 Å². The Labute approximate surface area is 121 Å². The van der Waals surface area contributed by atoms with Crippen LogP contribution in [0.3, 0.4) is 0 Å². The van der Waals surface area contributed by atoms with Gasteiger partial charge >= 0.3 is 5.97 Å². The Hall–Kier alpha value is 0.390. The highest BCUT2D eigenvalue weighted by Gasteiger charge is 2.32. The summed E-state index contributed by atoms with van der Waals surface area (Å²) >= 11 is 10.1. The maximum atomic E-state index is 11.6. The number of halogens is 3. The van der Waals surface area contributed by atoms with Crippen LogP contribution in [0.25, 0.3) is 0 Å². The molecule has 16 heavy (non-hydrogen) atoms. The van der Waals surface area contributed by atoms with E-state index in [0.717, 1.165) is 17.3 Å². The molecule has 0 saturated carbocycles. The molecule has 0 spiro atoms. The van der Waals surface area contributed by atoms with Crippen molar-refractivity contribution in [2.45, 2.75) is 37.4 Å². The first-order valence-corrected chi connectivity index (χ1v) is 7.80. The van der Waals surface area contributed by atoms with Crippen molar-refractivity contribution in [1.29, 1.82) is 0 Å². The number of unbranched alkanes of at least 4 members (excludes halogenated alkanes) is 2. The second kappa shape index (κ2) is 6.97. The monoisotopic (exact) mass is 414 g/mol. The third-order valence-corrected chi connectivity index (χ3v) is 4.50. The topological polar surface area (TPSA) is 26.3 Å². The SMILES string of the molecule is CCCCCC(Br)C1=C(Br)C(=CBr)OC1=O. The van der Waals surface area contributed by atoms with Crippen LogP contribution in [-0.4, -0.2) is 10.8 Å². The molecular weight excluding hydrogens is 404 g/mol. The first-order valence-electron chi connectivity index (χ1n) is 5.18. The summed E-state index contributed by atoms with van der Waals surface area (Å²) in [6, 6.07) is 0. The van der Waals surface area contributed by atoms with Gasteiger partial charge in [-0.3, -0.25) is 0 Å². The standard InChI is InChI=1S/C11H13Br3O2/c1-2-3-4-5-7(13)9-10(14)8(6-12)16-11(9)15/h6-7H,2-5H2,1H3. The molecule has 1 atom stereocenters. The van der Waals surface area contributed by atoms with Crippen LogP contribution in [0.4, 0.5) is 0 Å². The van der Waals surface area contributed by atoms with E-state index in [2.05, 4.69) is 54.7 Å². The van der Waals surface area contributed by atoms with Gasteiger partial charge in [0.15, 0.2) is 5.76 Å². The predicted octanol–water partition coefficient (Wildman–Crippen LogP) is 4.77. The van der Waals surface area contributed by atoms with E-state index in [1.54, 1.807) is 4.99 Å². The van der Waals surface area contributed by atoms with Crippen LogP contribution in [0.15, 0.2) is 20.8 Å². The number of cyclic esters (lactones) is 1. The molecule has 2 nitrogen and oxygen atoms in total. The van der Waals surface area contributed by atoms with Gasteiger partial charge in [-0.05, 0) is 22.4 Å². The van der Waals surface area contributed by atoms with Gasteiger partial charge < -0.3 is 4.74 Å². The number of carbonyl (C=O) groups is 1. The molecule has 1 aliphatic rings. The average molecular weight is 417 g/mol. The highest BCUT2D eigenvalue weighted by atomic mass is 79.9. The highest BCUT2D eigenvalue weighted by Crippen LogP contribution is 2.37. The summed E-state index contributed by atoms with van der Waals surface area (Å²) in [5.74, 6) is 0.274. The maximum Gasteiger partial charge on any atom is 0.341 e. The molecule has 0 aromatic heterocycles. The quantitative estimate of drug-likeness (QED) is 0.366. The van der Waals surface area contributed by atoms with E-state index in [0.29, 0.717) is 11.3 Å². The van der Waals surface area contributed by atoms with Gasteiger partial charge in [0, 0.05) is 9.81 Å². The first kappa shape index (κ1) is 14.5. The Morgan fingerprint density at radius 1 is 1.44 bits per heavy atom. The number of hydrogen-bond acceptors (Lipinski definition) is 2. The zero-order valence-corrected chi connectivity index (χ0v) is 13.7. The fraction of sp³-hybridized carbons (Fsp3) is 0.545. The number of allylic oxidation sites excluding steroid dienone is 1. The first-order chi connectivity index (χ1) is 7.61. The van der Waals surface area contributed by atoms with Crippen molar-refractivity contribution >= 4 is 53.8 Å². The minimum atomic E-state index is -0.268. The fourth-order valence-electron chi connectivity index (χ4n) is 1.48. The fourth-order valence-corrected chi connectivity index (χ4v) is 3.79. The van der Waals surface area contributed by atoms with Crippen molar-refractivity contribution in [2.75, 3.05) is 0 Å². The molecule has 0 fully saturated rings. The number of hydrogen-bond donors (Lipinski definition) is 0. The average Bonchev–Trinajstić information content (AvgIpc) is 2.54. The van der Waals surface area contributed by atoms with Gasteiger partial charge in [-0.2, -0.15) is 0 Å². The Kier molecular flexibility index (Phi) is 6.29. The molecule has 1 rings (SSSR count). The highest BCUT2D eigenvalue weighted by molar-refractivity contribution is 9.12. The molecular formula is C11H13Br3O2. The van der Waals surface area contributed by atoms with Crippen LogP contribution < -0.4 is 0 Å². The van der Waals surface area contributed by atoms with Crippen LogP contribution in [0.5, 0.6) is 0 Å². The zero-order valence-electron chi connectivity index (χ0n) is 8.93. The molecule has 5 heteroatoms. The second-order valence-electron chi connectivity index (χ2n) is 3.55. The van der Waals surface area contributed by atoms with E-state index in [4.69, 9.17) is 4.74 Å². The molecule has 0 saturated heterocycles. The molecule has 0 aromatic carbocycles. The molecule has 0 bridgehead atoms. The lowest BCUT2D eigenvalue weighted by Crippen LogP contribution is -2.10. The molecule has 0 aliphatic carbocycles. The van der Waals surface area contributed by atoms with Gasteiger partial charge in [0.2, 0.25) is 0 Å². The predicted molar refractivity (Wildman–Crippen MR) is 75.9 cm³/mol. The molecule has 1 heterocycles. The van der Waals surface area contributed by atoms with E-state index in [1.165, 1.54) is 12.8 Å². The summed E-state index contributed by atoms with van der Waals surface area (Å²) in [6.07, 6.45) is 4.42. The lowest BCUT2D eigenvalue weighted by atomic mass is 10.1. The third-order valence-electron chi connectivity index (χ3n) is 2.35. The van der Waals surface area contributed by atoms with Crippen LogP contribution in [0.1, 0.15) is 32.6 Å². The number of carbonyl (C=O) groups excluding carboxylic acids is 1. The molecule has 0 N–H and O–H groups in total.